The van der Waals surface area contributed by atoms with E-state index >= 15 is 0 Å². The summed E-state index contributed by atoms with van der Waals surface area (Å²) in [5.41, 5.74) is 1.37. The minimum Gasteiger partial charge on any atom is -0.383 e. The molecule has 0 spiro atoms. The molecule has 0 aromatic heterocycles. The highest BCUT2D eigenvalue weighted by Gasteiger charge is 2.45. The zero-order valence-corrected chi connectivity index (χ0v) is 13.0. The molecule has 2 rings (SSSR count). The van der Waals surface area contributed by atoms with Crippen LogP contribution in [0.5, 0.6) is 0 Å². The summed E-state index contributed by atoms with van der Waals surface area (Å²) in [6.07, 6.45) is 2.43. The van der Waals surface area contributed by atoms with E-state index in [0.717, 1.165) is 24.7 Å². The van der Waals surface area contributed by atoms with Gasteiger partial charge in [0.25, 0.3) is 0 Å². The van der Waals surface area contributed by atoms with Crippen molar-refractivity contribution >= 4 is 23.2 Å². The lowest BCUT2D eigenvalue weighted by Gasteiger charge is -2.49. The van der Waals surface area contributed by atoms with Crippen molar-refractivity contribution in [1.82, 2.24) is 5.32 Å². The van der Waals surface area contributed by atoms with E-state index in [-0.39, 0.29) is 5.41 Å². The molecule has 1 aromatic carbocycles. The zero-order valence-electron chi connectivity index (χ0n) is 11.5. The van der Waals surface area contributed by atoms with Crippen LogP contribution in [0.15, 0.2) is 18.2 Å². The monoisotopic (exact) mass is 301 g/mol. The van der Waals surface area contributed by atoms with Gasteiger partial charge in [0.05, 0.1) is 6.61 Å². The molecule has 1 aromatic rings. The molecular weight excluding hydrogens is 281 g/mol. The molecule has 0 heterocycles. The second-order valence-electron chi connectivity index (χ2n) is 5.39. The third-order valence-corrected chi connectivity index (χ3v) is 4.91. The normalized spacial score (nSPS) is 26.2. The summed E-state index contributed by atoms with van der Waals surface area (Å²) >= 11 is 12.4. The fraction of sp³-hybridized carbons (Fsp3) is 0.600. The molecule has 1 aliphatic rings. The molecule has 0 saturated heterocycles. The van der Waals surface area contributed by atoms with E-state index in [1.165, 1.54) is 18.4 Å². The van der Waals surface area contributed by atoms with Gasteiger partial charge >= 0.3 is 0 Å². The Kier molecular flexibility index (Phi) is 5.13. The summed E-state index contributed by atoms with van der Waals surface area (Å²) in [6.45, 7) is 4.85. The van der Waals surface area contributed by atoms with E-state index in [1.54, 1.807) is 7.11 Å². The Morgan fingerprint density at radius 3 is 2.74 bits per heavy atom. The van der Waals surface area contributed by atoms with Gasteiger partial charge < -0.3 is 10.1 Å². The van der Waals surface area contributed by atoms with Crippen molar-refractivity contribution in [3.05, 3.63) is 33.8 Å². The van der Waals surface area contributed by atoms with E-state index in [0.29, 0.717) is 10.9 Å². The van der Waals surface area contributed by atoms with Gasteiger partial charge in [0, 0.05) is 35.7 Å². The number of halogens is 2. The van der Waals surface area contributed by atoms with Crippen LogP contribution in [0.1, 0.15) is 25.3 Å². The van der Waals surface area contributed by atoms with Crippen LogP contribution in [0.4, 0.5) is 0 Å². The third kappa shape index (κ3) is 3.08. The number of ether oxygens (including phenoxy) is 1. The number of benzene rings is 1. The second kappa shape index (κ2) is 6.45. The summed E-state index contributed by atoms with van der Waals surface area (Å²) in [6, 6.07) is 5.86. The van der Waals surface area contributed by atoms with E-state index in [1.807, 2.05) is 12.1 Å². The van der Waals surface area contributed by atoms with Crippen molar-refractivity contribution in [3.8, 4) is 0 Å². The first-order valence-corrected chi connectivity index (χ1v) is 7.51. The fourth-order valence-electron chi connectivity index (χ4n) is 2.92. The summed E-state index contributed by atoms with van der Waals surface area (Å²) < 4.78 is 5.07. The Bertz CT molecular complexity index is 438. The molecule has 1 N–H and O–H groups in total. The highest BCUT2D eigenvalue weighted by Crippen LogP contribution is 2.50. The van der Waals surface area contributed by atoms with Crippen LogP contribution in [0.3, 0.4) is 0 Å². The lowest BCUT2D eigenvalue weighted by molar-refractivity contribution is 0.127. The fourth-order valence-corrected chi connectivity index (χ4v) is 3.52. The molecule has 0 amide bonds. The van der Waals surface area contributed by atoms with Gasteiger partial charge in [-0.1, -0.05) is 36.2 Å². The van der Waals surface area contributed by atoms with Crippen LogP contribution in [0, 0.1) is 5.92 Å². The van der Waals surface area contributed by atoms with E-state index in [2.05, 4.69) is 18.3 Å². The lowest BCUT2D eigenvalue weighted by Crippen LogP contribution is -2.50. The third-order valence-electron chi connectivity index (χ3n) is 4.36. The van der Waals surface area contributed by atoms with E-state index in [4.69, 9.17) is 27.9 Å². The first-order valence-electron chi connectivity index (χ1n) is 6.75. The van der Waals surface area contributed by atoms with Crippen LogP contribution in [0.2, 0.25) is 10.0 Å². The molecule has 0 radical (unpaired) electrons. The number of nitrogens with one attached hydrogen (secondary N) is 1. The number of methoxy groups -OCH3 is 1. The van der Waals surface area contributed by atoms with E-state index < -0.39 is 0 Å². The molecule has 2 nitrogen and oxygen atoms in total. The molecule has 1 aliphatic carbocycles. The quantitative estimate of drug-likeness (QED) is 0.805. The second-order valence-corrected chi connectivity index (χ2v) is 6.23. The lowest BCUT2D eigenvalue weighted by atomic mass is 9.57. The predicted octanol–water partition coefficient (Wildman–Crippen LogP) is 3.90. The van der Waals surface area contributed by atoms with Crippen molar-refractivity contribution in [2.24, 2.45) is 5.92 Å². The minimum absolute atomic E-state index is 0.148. The van der Waals surface area contributed by atoms with Crippen LogP contribution in [0.25, 0.3) is 0 Å². The van der Waals surface area contributed by atoms with Gasteiger partial charge in [0.1, 0.15) is 0 Å². The molecule has 2 unspecified atom stereocenters. The van der Waals surface area contributed by atoms with Crippen molar-refractivity contribution in [2.45, 2.75) is 25.2 Å². The molecule has 0 bridgehead atoms. The van der Waals surface area contributed by atoms with Crippen molar-refractivity contribution in [1.29, 1.82) is 0 Å². The Labute approximate surface area is 125 Å². The summed E-state index contributed by atoms with van der Waals surface area (Å²) in [4.78, 5) is 0. The maximum absolute atomic E-state index is 6.40. The maximum atomic E-state index is 6.40. The SMILES string of the molecule is COCCNCC1(c2ccc(Cl)cc2Cl)CCC1C. The van der Waals surface area contributed by atoms with Crippen molar-refractivity contribution in [2.75, 3.05) is 26.8 Å². The highest BCUT2D eigenvalue weighted by molar-refractivity contribution is 6.35. The molecule has 106 valence electrons. The summed E-state index contributed by atoms with van der Waals surface area (Å²) in [5, 5.41) is 4.97. The van der Waals surface area contributed by atoms with Gasteiger partial charge in [-0.3, -0.25) is 0 Å². The van der Waals surface area contributed by atoms with Gasteiger partial charge in [-0.2, -0.15) is 0 Å². The molecule has 2 atom stereocenters. The summed E-state index contributed by atoms with van der Waals surface area (Å²) in [7, 11) is 1.72. The molecule has 4 heteroatoms. The van der Waals surface area contributed by atoms with Gasteiger partial charge in [-0.05, 0) is 36.5 Å². The molecular formula is C15H21Cl2NO. The smallest absolute Gasteiger partial charge is 0.0587 e. The minimum atomic E-state index is 0.148. The molecule has 1 saturated carbocycles. The van der Waals surface area contributed by atoms with Crippen LogP contribution in [-0.4, -0.2) is 26.8 Å². The Morgan fingerprint density at radius 1 is 1.42 bits per heavy atom. The molecule has 0 aliphatic heterocycles. The van der Waals surface area contributed by atoms with Crippen LogP contribution >= 0.6 is 23.2 Å². The maximum Gasteiger partial charge on any atom is 0.0587 e. The Hall–Kier alpha value is -0.280. The Morgan fingerprint density at radius 2 is 2.21 bits per heavy atom. The molecule has 19 heavy (non-hydrogen) atoms. The van der Waals surface area contributed by atoms with Gasteiger partial charge in [0.2, 0.25) is 0 Å². The number of hydrogen-bond donors (Lipinski definition) is 1. The first-order chi connectivity index (χ1) is 9.10. The topological polar surface area (TPSA) is 21.3 Å². The van der Waals surface area contributed by atoms with Gasteiger partial charge in [0.15, 0.2) is 0 Å². The Balaban J connectivity index is 2.15. The van der Waals surface area contributed by atoms with Crippen LogP contribution < -0.4 is 5.32 Å². The van der Waals surface area contributed by atoms with E-state index in [9.17, 15) is 0 Å². The first kappa shape index (κ1) is 15.1. The predicted molar refractivity (Wildman–Crippen MR) is 81.3 cm³/mol. The number of hydrogen-bond acceptors (Lipinski definition) is 2. The largest absolute Gasteiger partial charge is 0.383 e. The van der Waals surface area contributed by atoms with Crippen molar-refractivity contribution in [3.63, 3.8) is 0 Å². The van der Waals surface area contributed by atoms with Crippen molar-refractivity contribution < 1.29 is 4.74 Å². The average molecular weight is 302 g/mol. The standard InChI is InChI=1S/C15H21Cl2NO/c1-11-5-6-15(11,10-18-7-8-19-2)13-4-3-12(16)9-14(13)17/h3-4,9,11,18H,5-8,10H2,1-2H3. The van der Waals surface area contributed by atoms with Crippen LogP contribution in [-0.2, 0) is 10.2 Å². The molecule has 1 fully saturated rings. The van der Waals surface area contributed by atoms with Gasteiger partial charge in [-0.15, -0.1) is 0 Å². The summed E-state index contributed by atoms with van der Waals surface area (Å²) in [5.74, 6) is 0.640. The zero-order chi connectivity index (χ0) is 13.9. The van der Waals surface area contributed by atoms with Gasteiger partial charge in [-0.25, -0.2) is 0 Å². The average Bonchev–Trinajstić information content (AvgIpc) is 2.38. The number of rotatable bonds is 6. The highest BCUT2D eigenvalue weighted by atomic mass is 35.5.